The molecular formula is C123H75N9O4S. The summed E-state index contributed by atoms with van der Waals surface area (Å²) in [5, 5.41) is 18.1. The predicted octanol–water partition coefficient (Wildman–Crippen LogP) is 33.0. The second-order valence-electron chi connectivity index (χ2n) is 35.8. The van der Waals surface area contributed by atoms with E-state index in [2.05, 4.69) is 288 Å². The van der Waals surface area contributed by atoms with Gasteiger partial charge in [-0.05, 0) is 138 Å². The fourth-order valence-electron chi connectivity index (χ4n) is 21.4. The number of para-hydroxylation sites is 7. The number of furan rings is 4. The molecule has 137 heavy (non-hydrogen) atoms. The first-order valence-corrected chi connectivity index (χ1v) is 46.9. The lowest BCUT2D eigenvalue weighted by molar-refractivity contribution is 0.653. The van der Waals surface area contributed by atoms with Gasteiger partial charge in [-0.25, -0.2) is 15.0 Å². The van der Waals surface area contributed by atoms with E-state index in [4.69, 9.17) is 47.6 Å². The van der Waals surface area contributed by atoms with E-state index in [0.717, 1.165) is 150 Å². The Bertz CT molecular complexity index is 9670. The molecule has 0 radical (unpaired) electrons. The molecule has 29 aromatic rings. The van der Waals surface area contributed by atoms with Crippen molar-refractivity contribution in [3.05, 3.63) is 430 Å². The molecule has 18 aromatic carbocycles. The Labute approximate surface area is 786 Å². The predicted molar refractivity (Wildman–Crippen MR) is 561 cm³/mol. The highest BCUT2D eigenvalue weighted by Gasteiger charge is 2.37. The zero-order valence-corrected chi connectivity index (χ0v) is 74.7. The Hall–Kier alpha value is -18.0. The van der Waals surface area contributed by atoms with Gasteiger partial charge in [0, 0.05) is 141 Å². The van der Waals surface area contributed by atoms with Gasteiger partial charge in [0.2, 0.25) is 17.1 Å². The molecule has 0 saturated carbocycles. The normalized spacial score (nSPS) is 12.5. The van der Waals surface area contributed by atoms with E-state index < -0.39 is 0 Å². The van der Waals surface area contributed by atoms with E-state index in [9.17, 15) is 0 Å². The lowest BCUT2D eigenvalue weighted by Crippen LogP contribution is -2.14. The number of hydrogen-bond donors (Lipinski definition) is 0. The SMILES string of the molecule is CC1(C)c2ccccc2-c2cc3c4ccccc4n(-c4ccc(-c5nc(-c6ccccc6)nc6oc7ccccc7c56)cc4)c3cc21.c1ccc(-c2nc(-c3cccc(-n4c5ccccc5c5cc6c(cc54)oc4ccccc46)c3)c3c(n2)oc2ccccc23)cc1.c1ccc(-c2nc(-c3cccc(-n4c5ccccc5c5cc6c(cc54)sc4ccccc46)c3)c3c(n2)oc2ccccc23)cc1. The van der Waals surface area contributed by atoms with Gasteiger partial charge in [0.15, 0.2) is 17.5 Å². The van der Waals surface area contributed by atoms with Gasteiger partial charge in [-0.2, -0.15) is 15.0 Å². The van der Waals surface area contributed by atoms with Crippen LogP contribution in [-0.4, -0.2) is 43.6 Å². The molecule has 0 bridgehead atoms. The van der Waals surface area contributed by atoms with Gasteiger partial charge in [-0.1, -0.05) is 311 Å². The van der Waals surface area contributed by atoms with Gasteiger partial charge in [-0.15, -0.1) is 11.3 Å². The maximum Gasteiger partial charge on any atom is 0.231 e. The van der Waals surface area contributed by atoms with Crippen molar-refractivity contribution in [2.75, 3.05) is 0 Å². The van der Waals surface area contributed by atoms with Gasteiger partial charge in [0.05, 0.1) is 66.3 Å². The van der Waals surface area contributed by atoms with E-state index in [1.165, 1.54) is 96.8 Å². The molecule has 11 heterocycles. The molecule has 0 fully saturated rings. The van der Waals surface area contributed by atoms with Crippen LogP contribution in [-0.2, 0) is 5.41 Å². The van der Waals surface area contributed by atoms with Crippen molar-refractivity contribution in [3.8, 4) is 96.1 Å². The highest BCUT2D eigenvalue weighted by molar-refractivity contribution is 7.25. The molecule has 0 unspecified atom stereocenters. The van der Waals surface area contributed by atoms with Crippen LogP contribution in [0.5, 0.6) is 0 Å². The average Bonchev–Trinajstić information content (AvgIpc) is 1.48. The maximum atomic E-state index is 6.34. The molecule has 13 nitrogen and oxygen atoms in total. The molecule has 0 spiro atoms. The molecule has 0 aliphatic heterocycles. The smallest absolute Gasteiger partial charge is 0.231 e. The van der Waals surface area contributed by atoms with Crippen molar-refractivity contribution < 1.29 is 17.7 Å². The summed E-state index contributed by atoms with van der Waals surface area (Å²) in [5.41, 5.74) is 30.0. The highest BCUT2D eigenvalue weighted by Crippen LogP contribution is 2.53. The minimum absolute atomic E-state index is 0.0759. The number of fused-ring (bicyclic) bond motifs is 27. The quantitative estimate of drug-likeness (QED) is 0.137. The summed E-state index contributed by atoms with van der Waals surface area (Å²) in [6.45, 7) is 4.69. The van der Waals surface area contributed by atoms with Gasteiger partial charge >= 0.3 is 0 Å². The Kier molecular flexibility index (Phi) is 17.3. The Morgan fingerprint density at radius 2 is 0.591 bits per heavy atom. The molecule has 642 valence electrons. The van der Waals surface area contributed by atoms with Crippen molar-refractivity contribution in [2.45, 2.75) is 19.3 Å². The molecule has 0 atom stereocenters. The van der Waals surface area contributed by atoms with Crippen molar-refractivity contribution in [1.82, 2.24) is 43.6 Å². The lowest BCUT2D eigenvalue weighted by atomic mass is 9.82. The third-order valence-electron chi connectivity index (χ3n) is 27.7. The first kappa shape index (κ1) is 77.8. The molecule has 0 N–H and O–H groups in total. The van der Waals surface area contributed by atoms with Crippen LogP contribution in [0.15, 0.2) is 436 Å². The summed E-state index contributed by atoms with van der Waals surface area (Å²) in [6.07, 6.45) is 0. The summed E-state index contributed by atoms with van der Waals surface area (Å²) in [7, 11) is 0. The minimum Gasteiger partial charge on any atom is -0.456 e. The average molecular weight is 1780 g/mol. The standard InChI is InChI=1S/C43H29N3O.C40H23N3O2.C40H23N3OS/c1-43(2)34-17-9-6-14-29(34)32-24-33-30-15-7-10-18-36(30)46(37(33)25-35(32)43)28-22-20-26(21-23-28)40-39-31-16-8-11-19-38(31)47-42(39)45-41(44-40)27-12-4-3-5-13-27;1-2-11-24(12-3-1)39-41-38(37-29-17-6-9-20-35(29)45-40(37)42-39)25-13-10-14-26(21-25)43-32-18-7-4-15-27(32)30-22-31-28-16-5-8-19-34(28)44-36(31)23-33(30)43;1-2-11-24(12-3-1)39-41-38(37-29-17-5-8-19-34(29)44-40(37)42-39)25-13-10-14-26(21-25)43-32-18-7-4-15-27(32)30-22-31-28-16-6-9-20-35(28)45-36(31)23-33(30)43/h3-25H,1-2H3;2*1-23H. The molecule has 11 aromatic heterocycles. The van der Waals surface area contributed by atoms with Gasteiger partial charge < -0.3 is 31.4 Å². The minimum atomic E-state index is -0.0759. The number of thiophene rings is 1. The van der Waals surface area contributed by atoms with Crippen LogP contribution in [0.1, 0.15) is 25.0 Å². The number of aromatic nitrogens is 9. The summed E-state index contributed by atoms with van der Waals surface area (Å²) in [4.78, 5) is 30.2. The topological polar surface area (TPSA) is 145 Å². The molecule has 14 heteroatoms. The second-order valence-corrected chi connectivity index (χ2v) is 36.9. The summed E-state index contributed by atoms with van der Waals surface area (Å²) < 4.78 is 34.9. The molecule has 1 aliphatic carbocycles. The number of nitrogens with zero attached hydrogens (tertiary/aromatic N) is 9. The largest absolute Gasteiger partial charge is 0.456 e. The van der Waals surface area contributed by atoms with Gasteiger partial charge in [-0.3, -0.25) is 0 Å². The van der Waals surface area contributed by atoms with E-state index in [0.29, 0.717) is 34.6 Å². The van der Waals surface area contributed by atoms with Crippen LogP contribution in [0.3, 0.4) is 0 Å². The Morgan fingerprint density at radius 1 is 0.212 bits per heavy atom. The fraction of sp³-hybridized carbons (Fsp3) is 0.0244. The molecular weight excluding hydrogens is 1700 g/mol. The first-order valence-electron chi connectivity index (χ1n) is 46.1. The van der Waals surface area contributed by atoms with Crippen LogP contribution in [0.2, 0.25) is 0 Å². The molecule has 1 aliphatic rings. The monoisotopic (exact) mass is 1770 g/mol. The second kappa shape index (κ2) is 30.5. The summed E-state index contributed by atoms with van der Waals surface area (Å²) in [5.74, 6) is 1.93. The summed E-state index contributed by atoms with van der Waals surface area (Å²) in [6, 6.07) is 146. The first-order chi connectivity index (χ1) is 67.7. The van der Waals surface area contributed by atoms with Crippen LogP contribution >= 0.6 is 11.3 Å². The van der Waals surface area contributed by atoms with Crippen molar-refractivity contribution in [2.24, 2.45) is 0 Å². The maximum absolute atomic E-state index is 6.34. The Balaban J connectivity index is 0.000000102. The molecule has 30 rings (SSSR count). The third kappa shape index (κ3) is 12.3. The van der Waals surface area contributed by atoms with Crippen LogP contribution in [0.4, 0.5) is 0 Å². The van der Waals surface area contributed by atoms with Gasteiger partial charge in [0.1, 0.15) is 27.9 Å². The zero-order valence-electron chi connectivity index (χ0n) is 73.9. The van der Waals surface area contributed by atoms with Crippen LogP contribution < -0.4 is 0 Å². The van der Waals surface area contributed by atoms with Crippen LogP contribution in [0, 0.1) is 0 Å². The highest BCUT2D eigenvalue weighted by atomic mass is 32.1. The van der Waals surface area contributed by atoms with E-state index in [1.807, 2.05) is 169 Å². The Morgan fingerprint density at radius 3 is 1.09 bits per heavy atom. The number of hydrogen-bond acceptors (Lipinski definition) is 11. The number of benzene rings is 18. The molecule has 0 amide bonds. The van der Waals surface area contributed by atoms with Crippen molar-refractivity contribution in [3.63, 3.8) is 0 Å². The fourth-order valence-corrected chi connectivity index (χ4v) is 22.5. The lowest BCUT2D eigenvalue weighted by Gasteiger charge is -2.21. The third-order valence-corrected chi connectivity index (χ3v) is 28.8. The van der Waals surface area contributed by atoms with Crippen molar-refractivity contribution in [1.29, 1.82) is 0 Å². The van der Waals surface area contributed by atoms with Crippen molar-refractivity contribution >= 4 is 185 Å². The summed E-state index contributed by atoms with van der Waals surface area (Å²) >= 11 is 1.85. The molecule has 0 saturated heterocycles. The van der Waals surface area contributed by atoms with Gasteiger partial charge in [0.25, 0.3) is 0 Å². The van der Waals surface area contributed by atoms with E-state index in [1.54, 1.807) is 0 Å². The zero-order chi connectivity index (χ0) is 90.2. The van der Waals surface area contributed by atoms with Crippen LogP contribution in [0.25, 0.3) is 270 Å². The van der Waals surface area contributed by atoms with E-state index in [-0.39, 0.29) is 5.41 Å². The van der Waals surface area contributed by atoms with E-state index >= 15 is 0 Å². The number of rotatable bonds is 9.